The van der Waals surface area contributed by atoms with E-state index in [0.29, 0.717) is 25.3 Å². The Morgan fingerprint density at radius 2 is 1.96 bits per heavy atom. The van der Waals surface area contributed by atoms with Gasteiger partial charge in [-0.05, 0) is 57.5 Å². The minimum Gasteiger partial charge on any atom is -0.491 e. The van der Waals surface area contributed by atoms with E-state index < -0.39 is 0 Å². The second-order valence-electron chi connectivity index (χ2n) is 6.77. The Balaban J connectivity index is 1.69. The van der Waals surface area contributed by atoms with Crippen molar-refractivity contribution in [3.63, 3.8) is 0 Å². The summed E-state index contributed by atoms with van der Waals surface area (Å²) in [5, 5.41) is 0. The molecule has 0 saturated carbocycles. The molecule has 3 rings (SSSR count). The third-order valence-electron chi connectivity index (χ3n) is 5.22. The SMILES string of the molecule is COCCOc1cccc(C(=O)N2CCCC2C2CCCN2C)c1. The van der Waals surface area contributed by atoms with Gasteiger partial charge in [0, 0.05) is 31.3 Å². The maximum atomic E-state index is 13.0. The van der Waals surface area contributed by atoms with Gasteiger partial charge in [-0.1, -0.05) is 6.07 Å². The molecule has 2 heterocycles. The Labute approximate surface area is 144 Å². The fourth-order valence-electron chi connectivity index (χ4n) is 3.99. The molecule has 2 unspecified atom stereocenters. The van der Waals surface area contributed by atoms with Crippen LogP contribution in [-0.2, 0) is 4.74 Å². The number of likely N-dealkylation sites (tertiary alicyclic amines) is 2. The average Bonchev–Trinajstić information content (AvgIpc) is 3.23. The van der Waals surface area contributed by atoms with E-state index in [1.54, 1.807) is 7.11 Å². The highest BCUT2D eigenvalue weighted by Gasteiger charge is 2.38. The highest BCUT2D eigenvalue weighted by atomic mass is 16.5. The number of rotatable bonds is 6. The molecule has 2 fully saturated rings. The maximum Gasteiger partial charge on any atom is 0.254 e. The van der Waals surface area contributed by atoms with Gasteiger partial charge in [0.2, 0.25) is 0 Å². The summed E-state index contributed by atoms with van der Waals surface area (Å²) in [6, 6.07) is 8.38. The van der Waals surface area contributed by atoms with Crippen molar-refractivity contribution in [2.45, 2.75) is 37.8 Å². The summed E-state index contributed by atoms with van der Waals surface area (Å²) in [5.74, 6) is 0.863. The van der Waals surface area contributed by atoms with Gasteiger partial charge < -0.3 is 19.3 Å². The van der Waals surface area contributed by atoms with Crippen LogP contribution >= 0.6 is 0 Å². The Morgan fingerprint density at radius 3 is 2.71 bits per heavy atom. The van der Waals surface area contributed by atoms with Crippen LogP contribution in [0.1, 0.15) is 36.0 Å². The molecular weight excluding hydrogens is 304 g/mol. The maximum absolute atomic E-state index is 13.0. The predicted molar refractivity (Wildman–Crippen MR) is 93.5 cm³/mol. The molecular formula is C19H28N2O3. The Kier molecular flexibility index (Phi) is 5.74. The van der Waals surface area contributed by atoms with Crippen LogP contribution in [0.3, 0.4) is 0 Å². The van der Waals surface area contributed by atoms with E-state index >= 15 is 0 Å². The number of likely N-dealkylation sites (N-methyl/N-ethyl adjacent to an activating group) is 1. The number of carbonyl (C=O) groups excluding carboxylic acids is 1. The van der Waals surface area contributed by atoms with E-state index in [2.05, 4.69) is 16.8 Å². The van der Waals surface area contributed by atoms with Crippen LogP contribution in [0.25, 0.3) is 0 Å². The highest BCUT2D eigenvalue weighted by molar-refractivity contribution is 5.95. The van der Waals surface area contributed by atoms with Crippen LogP contribution in [0, 0.1) is 0 Å². The van der Waals surface area contributed by atoms with Crippen molar-refractivity contribution in [1.82, 2.24) is 9.80 Å². The molecule has 24 heavy (non-hydrogen) atoms. The van der Waals surface area contributed by atoms with E-state index in [1.807, 2.05) is 24.3 Å². The molecule has 2 atom stereocenters. The first-order chi connectivity index (χ1) is 11.7. The van der Waals surface area contributed by atoms with Gasteiger partial charge in [-0.15, -0.1) is 0 Å². The predicted octanol–water partition coefficient (Wildman–Crippen LogP) is 2.41. The summed E-state index contributed by atoms with van der Waals surface area (Å²) in [6.07, 6.45) is 4.66. The lowest BCUT2D eigenvalue weighted by molar-refractivity contribution is 0.0664. The zero-order valence-electron chi connectivity index (χ0n) is 14.7. The Bertz CT molecular complexity index is 563. The Hall–Kier alpha value is -1.59. The number of nitrogens with zero attached hydrogens (tertiary/aromatic N) is 2. The summed E-state index contributed by atoms with van der Waals surface area (Å²) in [7, 11) is 3.83. The number of benzene rings is 1. The molecule has 1 amide bonds. The van der Waals surface area contributed by atoms with Crippen LogP contribution in [0.15, 0.2) is 24.3 Å². The van der Waals surface area contributed by atoms with E-state index in [0.717, 1.165) is 37.2 Å². The summed E-state index contributed by atoms with van der Waals surface area (Å²) < 4.78 is 10.6. The van der Waals surface area contributed by atoms with E-state index in [9.17, 15) is 4.79 Å². The van der Waals surface area contributed by atoms with Crippen LogP contribution in [0.4, 0.5) is 0 Å². The number of hydrogen-bond acceptors (Lipinski definition) is 4. The zero-order valence-corrected chi connectivity index (χ0v) is 14.7. The van der Waals surface area contributed by atoms with Gasteiger partial charge in [0.25, 0.3) is 5.91 Å². The number of amides is 1. The van der Waals surface area contributed by atoms with Crippen LogP contribution in [0.5, 0.6) is 5.75 Å². The fourth-order valence-corrected chi connectivity index (χ4v) is 3.99. The molecule has 1 aromatic rings. The first-order valence-corrected chi connectivity index (χ1v) is 8.93. The van der Waals surface area contributed by atoms with Gasteiger partial charge in [-0.25, -0.2) is 0 Å². The summed E-state index contributed by atoms with van der Waals surface area (Å²) in [6.45, 7) is 3.04. The molecule has 2 aliphatic rings. The Morgan fingerprint density at radius 1 is 1.17 bits per heavy atom. The van der Waals surface area contributed by atoms with Gasteiger partial charge in [-0.3, -0.25) is 4.79 Å². The van der Waals surface area contributed by atoms with Crippen LogP contribution in [-0.4, -0.2) is 68.3 Å². The van der Waals surface area contributed by atoms with Crippen molar-refractivity contribution in [1.29, 1.82) is 0 Å². The summed E-state index contributed by atoms with van der Waals surface area (Å²) in [4.78, 5) is 17.5. The first kappa shape index (κ1) is 17.2. The molecule has 0 bridgehead atoms. The minimum absolute atomic E-state index is 0.134. The molecule has 1 aromatic carbocycles. The van der Waals surface area contributed by atoms with Crippen molar-refractivity contribution in [2.75, 3.05) is 40.5 Å². The molecule has 5 heteroatoms. The van der Waals surface area contributed by atoms with Gasteiger partial charge in [-0.2, -0.15) is 0 Å². The molecule has 0 radical (unpaired) electrons. The first-order valence-electron chi connectivity index (χ1n) is 8.93. The second-order valence-corrected chi connectivity index (χ2v) is 6.77. The number of methoxy groups -OCH3 is 1. The third-order valence-corrected chi connectivity index (χ3v) is 5.22. The molecule has 132 valence electrons. The molecule has 0 spiro atoms. The lowest BCUT2D eigenvalue weighted by atomic mass is 10.0. The second kappa shape index (κ2) is 7.99. The third kappa shape index (κ3) is 3.73. The molecule has 5 nitrogen and oxygen atoms in total. The largest absolute Gasteiger partial charge is 0.491 e. The summed E-state index contributed by atoms with van der Waals surface area (Å²) in [5.41, 5.74) is 0.720. The average molecular weight is 332 g/mol. The van der Waals surface area contributed by atoms with Crippen LogP contribution < -0.4 is 4.74 Å². The smallest absolute Gasteiger partial charge is 0.254 e. The van der Waals surface area contributed by atoms with Crippen molar-refractivity contribution in [2.24, 2.45) is 0 Å². The topological polar surface area (TPSA) is 42.0 Å². The van der Waals surface area contributed by atoms with E-state index in [-0.39, 0.29) is 5.91 Å². The van der Waals surface area contributed by atoms with Gasteiger partial charge >= 0.3 is 0 Å². The molecule has 0 N–H and O–H groups in total. The number of ether oxygens (including phenoxy) is 2. The van der Waals surface area contributed by atoms with E-state index in [1.165, 1.54) is 12.8 Å². The molecule has 0 aliphatic carbocycles. The number of carbonyl (C=O) groups is 1. The van der Waals surface area contributed by atoms with Crippen LogP contribution in [0.2, 0.25) is 0 Å². The lowest BCUT2D eigenvalue weighted by Gasteiger charge is -2.33. The standard InChI is InChI=1S/C19H28N2O3/c1-20-10-4-8-17(20)18-9-5-11-21(18)19(22)15-6-3-7-16(14-15)24-13-12-23-2/h3,6-7,14,17-18H,4-5,8-13H2,1-2H3. The molecule has 0 aromatic heterocycles. The van der Waals surface area contributed by atoms with Crippen molar-refractivity contribution in [3.05, 3.63) is 29.8 Å². The monoisotopic (exact) mass is 332 g/mol. The van der Waals surface area contributed by atoms with Gasteiger partial charge in [0.05, 0.1) is 6.61 Å². The normalized spacial score (nSPS) is 24.5. The van der Waals surface area contributed by atoms with Crippen molar-refractivity contribution < 1.29 is 14.3 Å². The highest BCUT2D eigenvalue weighted by Crippen LogP contribution is 2.30. The van der Waals surface area contributed by atoms with E-state index in [4.69, 9.17) is 9.47 Å². The minimum atomic E-state index is 0.134. The molecule has 2 aliphatic heterocycles. The quantitative estimate of drug-likeness (QED) is 0.750. The van der Waals surface area contributed by atoms with Crippen molar-refractivity contribution >= 4 is 5.91 Å². The number of hydrogen-bond donors (Lipinski definition) is 0. The molecule has 2 saturated heterocycles. The zero-order chi connectivity index (χ0) is 16.9. The fraction of sp³-hybridized carbons (Fsp3) is 0.632. The van der Waals surface area contributed by atoms with Crippen molar-refractivity contribution in [3.8, 4) is 5.75 Å². The lowest BCUT2D eigenvalue weighted by Crippen LogP contribution is -2.47. The summed E-state index contributed by atoms with van der Waals surface area (Å²) >= 11 is 0. The van der Waals surface area contributed by atoms with Gasteiger partial charge in [0.15, 0.2) is 0 Å². The van der Waals surface area contributed by atoms with Gasteiger partial charge in [0.1, 0.15) is 12.4 Å².